The Morgan fingerprint density at radius 3 is 2.88 bits per heavy atom. The second-order valence-corrected chi connectivity index (χ2v) is 13.8. The van der Waals surface area contributed by atoms with Gasteiger partial charge in [0.25, 0.3) is 0 Å². The number of nitriles is 1. The second kappa shape index (κ2) is 12.9. The van der Waals surface area contributed by atoms with E-state index in [4.69, 9.17) is 26.8 Å². The summed E-state index contributed by atoms with van der Waals surface area (Å²) in [6, 6.07) is 3.28. The molecule has 0 spiro atoms. The second-order valence-electron chi connectivity index (χ2n) is 12.4. The van der Waals surface area contributed by atoms with Gasteiger partial charge in [0.15, 0.2) is 11.6 Å². The quantitative estimate of drug-likeness (QED) is 0.154. The van der Waals surface area contributed by atoms with Crippen LogP contribution in [0.15, 0.2) is 12.1 Å². The number of anilines is 2. The summed E-state index contributed by atoms with van der Waals surface area (Å²) in [6.45, 7) is 0.444. The highest BCUT2D eigenvalue weighted by atomic mass is 35.5. The number of nitrogens with two attached hydrogens (primary N) is 1. The van der Waals surface area contributed by atoms with Crippen molar-refractivity contribution in [3.63, 3.8) is 0 Å². The molecule has 5 heterocycles. The maximum atomic E-state index is 17.1. The van der Waals surface area contributed by atoms with Crippen LogP contribution in [0.2, 0.25) is 5.02 Å². The first-order valence-electron chi connectivity index (χ1n) is 15.6. The van der Waals surface area contributed by atoms with E-state index in [1.807, 2.05) is 11.0 Å². The van der Waals surface area contributed by atoms with Crippen LogP contribution in [-0.4, -0.2) is 84.8 Å². The van der Waals surface area contributed by atoms with Crippen LogP contribution in [-0.2, 0) is 4.79 Å². The number of benzene rings is 2. The monoisotopic (exact) mass is 721 g/mol. The Morgan fingerprint density at radius 1 is 1.31 bits per heavy atom. The van der Waals surface area contributed by atoms with Gasteiger partial charge in [-0.2, -0.15) is 15.2 Å². The minimum Gasteiger partial charge on any atom is -0.489 e. The largest absolute Gasteiger partial charge is 0.489 e. The lowest BCUT2D eigenvalue weighted by Gasteiger charge is -2.32. The molecule has 17 heteroatoms. The van der Waals surface area contributed by atoms with Crippen molar-refractivity contribution in [3.8, 4) is 29.0 Å². The van der Waals surface area contributed by atoms with E-state index in [1.54, 1.807) is 0 Å². The number of halogens is 6. The number of alkyl halides is 3. The molecule has 2 aromatic heterocycles. The van der Waals surface area contributed by atoms with Crippen molar-refractivity contribution in [2.75, 3.05) is 50.0 Å². The van der Waals surface area contributed by atoms with Gasteiger partial charge in [-0.25, -0.2) is 22.0 Å². The first-order chi connectivity index (χ1) is 23.6. The number of thiophene rings is 1. The molecule has 3 N–H and O–H groups in total. The zero-order valence-corrected chi connectivity index (χ0v) is 27.3. The first kappa shape index (κ1) is 33.3. The normalized spacial score (nSPS) is 22.0. The molecule has 2 aromatic carbocycles. The van der Waals surface area contributed by atoms with Gasteiger partial charge in [0.2, 0.25) is 12.8 Å². The van der Waals surface area contributed by atoms with Crippen molar-refractivity contribution in [2.45, 2.75) is 49.9 Å². The van der Waals surface area contributed by atoms with Gasteiger partial charge in [0.1, 0.15) is 47.6 Å². The van der Waals surface area contributed by atoms with Gasteiger partial charge in [0.05, 0.1) is 32.3 Å². The number of ether oxygens (including phenoxy) is 2. The van der Waals surface area contributed by atoms with Crippen LogP contribution in [0.4, 0.5) is 32.8 Å². The number of carbonyl (C=O) groups is 1. The van der Waals surface area contributed by atoms with Crippen LogP contribution in [0, 0.1) is 23.0 Å². The molecule has 3 aliphatic rings. The molecular weight excluding hydrogens is 693 g/mol. The molecule has 258 valence electrons. The summed E-state index contributed by atoms with van der Waals surface area (Å²) in [4.78, 5) is 23.8. The number of nitrogens with one attached hydrogen (secondary N) is 1. The number of nitrogens with zero attached hydrogens (tertiary/aromatic N) is 5. The number of hydrogen-bond acceptors (Lipinski definition) is 10. The Labute approximate surface area is 285 Å². The molecule has 2 saturated heterocycles. The van der Waals surface area contributed by atoms with Crippen molar-refractivity contribution < 1.29 is 36.2 Å². The molecular formula is C32H29ClF5N7O3S. The lowest BCUT2D eigenvalue weighted by molar-refractivity contribution is -0.109. The highest BCUT2D eigenvalue weighted by Crippen LogP contribution is 2.51. The molecule has 0 radical (unpaired) electrons. The molecule has 3 atom stereocenters. The Balaban J connectivity index is 1.46. The number of aromatic nitrogens is 2. The minimum absolute atomic E-state index is 0.00472. The zero-order valence-electron chi connectivity index (χ0n) is 25.7. The van der Waals surface area contributed by atoms with E-state index < -0.39 is 42.2 Å². The van der Waals surface area contributed by atoms with Crippen molar-refractivity contribution in [1.82, 2.24) is 20.2 Å². The van der Waals surface area contributed by atoms with Gasteiger partial charge in [-0.1, -0.05) is 17.7 Å². The third-order valence-corrected chi connectivity index (χ3v) is 10.9. The van der Waals surface area contributed by atoms with E-state index in [0.717, 1.165) is 23.8 Å². The minimum atomic E-state index is -2.70. The zero-order chi connectivity index (χ0) is 34.6. The summed E-state index contributed by atoms with van der Waals surface area (Å²) in [6.07, 6.45) is -2.13. The van der Waals surface area contributed by atoms with Crippen LogP contribution in [0.1, 0.15) is 31.2 Å². The van der Waals surface area contributed by atoms with Crippen LogP contribution in [0.25, 0.3) is 32.1 Å². The van der Waals surface area contributed by atoms with E-state index in [9.17, 15) is 27.6 Å². The predicted molar refractivity (Wildman–Crippen MR) is 174 cm³/mol. The third-order valence-electron chi connectivity index (χ3n) is 9.53. The summed E-state index contributed by atoms with van der Waals surface area (Å²) in [5, 5.41) is 12.2. The Hall–Kier alpha value is -4.20. The fourth-order valence-corrected chi connectivity index (χ4v) is 8.64. The van der Waals surface area contributed by atoms with E-state index >= 15 is 4.39 Å². The molecule has 2 fully saturated rings. The number of nitrogen functional groups attached to an aromatic ring is 1. The first-order valence-corrected chi connectivity index (χ1v) is 16.8. The lowest BCUT2D eigenvalue weighted by atomic mass is 9.95. The fourth-order valence-electron chi connectivity index (χ4n) is 7.36. The van der Waals surface area contributed by atoms with Crippen LogP contribution in [0.5, 0.6) is 11.8 Å². The number of fused-ring (bicyclic) bond motifs is 2. The van der Waals surface area contributed by atoms with E-state index in [-0.39, 0.29) is 105 Å². The summed E-state index contributed by atoms with van der Waals surface area (Å²) in [5.74, 6) is -1.77. The summed E-state index contributed by atoms with van der Waals surface area (Å²) < 4.78 is 86.1. The fraction of sp³-hybridized carbons (Fsp3) is 0.438. The molecule has 3 aliphatic heterocycles. The van der Waals surface area contributed by atoms with Crippen molar-refractivity contribution >= 4 is 61.2 Å². The maximum Gasteiger partial charge on any atom is 0.319 e. The highest BCUT2D eigenvalue weighted by molar-refractivity contribution is 7.23. The predicted octanol–water partition coefficient (Wildman–Crippen LogP) is 5.82. The van der Waals surface area contributed by atoms with Gasteiger partial charge in [-0.05, 0) is 31.0 Å². The number of carbonyl (C=O) groups excluding carboxylic acids is 1. The van der Waals surface area contributed by atoms with E-state index in [2.05, 4.69) is 15.3 Å². The molecule has 4 aromatic rings. The smallest absolute Gasteiger partial charge is 0.319 e. The van der Waals surface area contributed by atoms with Crippen LogP contribution >= 0.6 is 22.9 Å². The lowest BCUT2D eigenvalue weighted by Crippen LogP contribution is -2.46. The maximum absolute atomic E-state index is 17.1. The van der Waals surface area contributed by atoms with Gasteiger partial charge >= 0.3 is 6.01 Å². The molecule has 1 amide bonds. The third kappa shape index (κ3) is 5.61. The summed E-state index contributed by atoms with van der Waals surface area (Å²) in [5.41, 5.74) is 4.82. The summed E-state index contributed by atoms with van der Waals surface area (Å²) >= 11 is 7.76. The average Bonchev–Trinajstić information content (AvgIpc) is 3.68. The molecule has 0 saturated carbocycles. The van der Waals surface area contributed by atoms with Gasteiger partial charge in [-0.15, -0.1) is 11.3 Å². The van der Waals surface area contributed by atoms with Gasteiger partial charge < -0.3 is 25.4 Å². The van der Waals surface area contributed by atoms with E-state index in [1.165, 1.54) is 11.0 Å². The van der Waals surface area contributed by atoms with Crippen molar-refractivity contribution in [1.29, 1.82) is 5.26 Å². The van der Waals surface area contributed by atoms with E-state index in [0.29, 0.717) is 19.4 Å². The molecule has 10 nitrogen and oxygen atoms in total. The van der Waals surface area contributed by atoms with Gasteiger partial charge in [-0.3, -0.25) is 9.69 Å². The molecule has 0 unspecified atom stereocenters. The van der Waals surface area contributed by atoms with Gasteiger partial charge in [0, 0.05) is 43.4 Å². The van der Waals surface area contributed by atoms with Crippen molar-refractivity contribution in [2.24, 2.45) is 0 Å². The topological polar surface area (TPSA) is 130 Å². The molecule has 0 bridgehead atoms. The summed E-state index contributed by atoms with van der Waals surface area (Å²) in [7, 11) is 0. The number of amides is 1. The molecule has 49 heavy (non-hydrogen) atoms. The average molecular weight is 722 g/mol. The Kier molecular flexibility index (Phi) is 8.78. The number of rotatable bonds is 10. The Morgan fingerprint density at radius 2 is 2.12 bits per heavy atom. The Bertz CT molecular complexity index is 2010. The SMILES string of the molecule is N#Cc1c(N)sc2c(F)ccc(-c3c(Cl)c4c5c(nc(OC[C@@]67CCCN6C[C@H](F)C7)nc5c3F)N(CCC(F)F)[C@@H](CNC=O)CO4)c12. The van der Waals surface area contributed by atoms with Crippen molar-refractivity contribution in [3.05, 3.63) is 34.4 Å². The number of hydrogen-bond donors (Lipinski definition) is 2. The van der Waals surface area contributed by atoms with Crippen LogP contribution < -0.4 is 25.4 Å². The molecule has 0 aliphatic carbocycles. The standard InChI is InChI=1S/C32H29ClF5N7O3S/c33-24-22(17-2-3-19(35)28-21(17)18(9-39)29(40)49-28)25(38)26-23-27(24)47-12-16(10-41-14-46)45(7-4-20(36)37)30(23)43-31(42-26)48-13-32-5-1-6-44(32)11-15(34)8-32/h2-3,14-16,20H,1,4-8,10-13,40H2,(H,41,46)/t15-,16+,32+/m1/s1. The highest BCUT2D eigenvalue weighted by Gasteiger charge is 2.49. The van der Waals surface area contributed by atoms with Crippen LogP contribution in [0.3, 0.4) is 0 Å². The molecule has 7 rings (SSSR count).